The van der Waals surface area contributed by atoms with Crippen molar-refractivity contribution in [2.45, 2.75) is 56.8 Å². The third kappa shape index (κ3) is 9.24. The van der Waals surface area contributed by atoms with Crippen LogP contribution < -0.4 is 27.0 Å². The summed E-state index contributed by atoms with van der Waals surface area (Å²) in [6.45, 7) is 2.85. The van der Waals surface area contributed by atoms with Gasteiger partial charge < -0.3 is 42.0 Å². The summed E-state index contributed by atoms with van der Waals surface area (Å²) < 4.78 is 5.66. The second-order valence-electron chi connectivity index (χ2n) is 12.7. The van der Waals surface area contributed by atoms with Gasteiger partial charge in [-0.3, -0.25) is 19.2 Å². The Bertz CT molecular complexity index is 1890. The highest BCUT2D eigenvalue weighted by molar-refractivity contribution is 5.95. The highest BCUT2D eigenvalue weighted by Crippen LogP contribution is 2.44. The molecule has 0 saturated carbocycles. The molecule has 0 aromatic heterocycles. The number of nitrogens with one attached hydrogen (secondary N) is 4. The molecule has 0 saturated heterocycles. The van der Waals surface area contributed by atoms with E-state index in [9.17, 15) is 34.2 Å². The van der Waals surface area contributed by atoms with Gasteiger partial charge in [0.25, 0.3) is 0 Å². The number of rotatable bonds is 14. The predicted octanol–water partition coefficient (Wildman–Crippen LogP) is 2.77. The van der Waals surface area contributed by atoms with E-state index >= 15 is 0 Å². The molecule has 4 atom stereocenters. The minimum Gasteiger partial charge on any atom is -0.508 e. The largest absolute Gasteiger partial charge is 0.508 e. The lowest BCUT2D eigenvalue weighted by atomic mass is 9.98. The van der Waals surface area contributed by atoms with Crippen molar-refractivity contribution in [1.29, 1.82) is 0 Å². The number of phenolic OH excluding ortho intramolecular Hbond substituents is 2. The fourth-order valence-electron chi connectivity index (χ4n) is 6.03. The van der Waals surface area contributed by atoms with Crippen LogP contribution in [0.1, 0.15) is 42.0 Å². The van der Waals surface area contributed by atoms with Crippen molar-refractivity contribution in [3.8, 4) is 22.6 Å². The molecule has 0 spiro atoms. The Morgan fingerprint density at radius 2 is 1.06 bits per heavy atom. The molecule has 13 nitrogen and oxygen atoms in total. The molecule has 5 rings (SSSR count). The Hall–Kier alpha value is -6.37. The molecular weight excluding hydrogens is 666 g/mol. The molecule has 4 aromatic carbocycles. The van der Waals surface area contributed by atoms with Gasteiger partial charge in [-0.15, -0.1) is 0 Å². The number of hydrogen-bond donors (Lipinski definition) is 7. The maximum atomic E-state index is 13.5. The van der Waals surface area contributed by atoms with E-state index in [4.69, 9.17) is 10.5 Å². The van der Waals surface area contributed by atoms with Crippen LogP contribution in [0.3, 0.4) is 0 Å². The summed E-state index contributed by atoms with van der Waals surface area (Å²) in [5.41, 5.74) is 10.9. The molecular formula is C39H41N5O8. The van der Waals surface area contributed by atoms with E-state index in [0.29, 0.717) is 11.1 Å². The monoisotopic (exact) mass is 707 g/mol. The van der Waals surface area contributed by atoms with Gasteiger partial charge in [-0.05, 0) is 71.5 Å². The van der Waals surface area contributed by atoms with E-state index in [1.807, 2.05) is 48.5 Å². The molecule has 0 heterocycles. The predicted molar refractivity (Wildman–Crippen MR) is 192 cm³/mol. The molecule has 0 bridgehead atoms. The first kappa shape index (κ1) is 36.9. The number of nitrogens with two attached hydrogens (primary N) is 1. The second-order valence-corrected chi connectivity index (χ2v) is 12.7. The first-order valence-electron chi connectivity index (χ1n) is 16.8. The zero-order valence-electron chi connectivity index (χ0n) is 28.7. The molecule has 0 fully saturated rings. The van der Waals surface area contributed by atoms with Gasteiger partial charge in [-0.25, -0.2) is 4.79 Å². The van der Waals surface area contributed by atoms with E-state index in [-0.39, 0.29) is 36.9 Å². The average molecular weight is 708 g/mol. The van der Waals surface area contributed by atoms with Gasteiger partial charge in [0.1, 0.15) is 42.3 Å². The number of ether oxygens (including phenoxy) is 1. The number of hydrogen-bond acceptors (Lipinski definition) is 8. The van der Waals surface area contributed by atoms with Crippen LogP contribution in [-0.4, -0.2) is 70.7 Å². The van der Waals surface area contributed by atoms with Gasteiger partial charge in [0, 0.05) is 18.8 Å². The molecule has 1 aliphatic carbocycles. The van der Waals surface area contributed by atoms with Crippen molar-refractivity contribution in [2.75, 3.05) is 6.61 Å². The third-order valence-corrected chi connectivity index (χ3v) is 8.87. The lowest BCUT2D eigenvalue weighted by molar-refractivity contribution is -0.133. The number of amides is 5. The minimum absolute atomic E-state index is 0.0129. The van der Waals surface area contributed by atoms with Gasteiger partial charge in [0.2, 0.25) is 23.6 Å². The molecule has 13 heteroatoms. The smallest absolute Gasteiger partial charge is 0.407 e. The van der Waals surface area contributed by atoms with Gasteiger partial charge in [0.05, 0.1) is 0 Å². The van der Waals surface area contributed by atoms with Gasteiger partial charge in [-0.2, -0.15) is 0 Å². The Morgan fingerprint density at radius 1 is 0.615 bits per heavy atom. The van der Waals surface area contributed by atoms with E-state index in [2.05, 4.69) is 21.3 Å². The molecule has 0 radical (unpaired) electrons. The van der Waals surface area contributed by atoms with E-state index in [1.54, 1.807) is 24.3 Å². The Balaban J connectivity index is 1.19. The molecule has 1 aliphatic rings. The Morgan fingerprint density at radius 3 is 1.56 bits per heavy atom. The summed E-state index contributed by atoms with van der Waals surface area (Å²) in [7, 11) is 0. The number of primary amides is 1. The summed E-state index contributed by atoms with van der Waals surface area (Å²) in [6, 6.07) is 23.5. The first-order valence-corrected chi connectivity index (χ1v) is 16.8. The van der Waals surface area contributed by atoms with Crippen LogP contribution in [0.15, 0.2) is 97.1 Å². The number of carbonyl (C=O) groups excluding carboxylic acids is 5. The highest BCUT2D eigenvalue weighted by atomic mass is 16.5. The van der Waals surface area contributed by atoms with Crippen molar-refractivity contribution in [2.24, 2.45) is 5.73 Å². The quantitative estimate of drug-likeness (QED) is 0.103. The number of carbonyl (C=O) groups is 5. The number of aromatic hydroxyl groups is 2. The van der Waals surface area contributed by atoms with Crippen LogP contribution >= 0.6 is 0 Å². The van der Waals surface area contributed by atoms with E-state index in [0.717, 1.165) is 22.3 Å². The molecule has 5 amide bonds. The molecule has 270 valence electrons. The fraction of sp³-hybridized carbons (Fsp3) is 0.256. The van der Waals surface area contributed by atoms with Gasteiger partial charge in [0.15, 0.2) is 0 Å². The number of fused-ring (bicyclic) bond motifs is 3. The van der Waals surface area contributed by atoms with Crippen LogP contribution in [0.2, 0.25) is 0 Å². The summed E-state index contributed by atoms with van der Waals surface area (Å²) in [4.78, 5) is 64.7. The summed E-state index contributed by atoms with van der Waals surface area (Å²) in [5, 5.41) is 29.5. The maximum absolute atomic E-state index is 13.5. The van der Waals surface area contributed by atoms with Crippen molar-refractivity contribution in [1.82, 2.24) is 21.3 Å². The first-order chi connectivity index (χ1) is 24.9. The molecule has 4 aromatic rings. The maximum Gasteiger partial charge on any atom is 0.407 e. The Kier molecular flexibility index (Phi) is 11.7. The lowest BCUT2D eigenvalue weighted by Gasteiger charge is -2.23. The van der Waals surface area contributed by atoms with Crippen molar-refractivity contribution < 1.29 is 38.9 Å². The van der Waals surface area contributed by atoms with Gasteiger partial charge in [-0.1, -0.05) is 72.8 Å². The summed E-state index contributed by atoms with van der Waals surface area (Å²) in [6.07, 6.45) is -0.758. The Labute approximate surface area is 300 Å². The SMILES string of the molecule is C[C@H](NC(=O)[C@H](C)NC(=O)[C@H](Cc1ccc(O)cc1)NC(=O)OCC1c2ccccc2-c2ccccc21)C(=O)N[C@@H](Cc1ccc(O)cc1)C(N)=O. The normalized spacial score (nSPS) is 14.0. The van der Waals surface area contributed by atoms with Crippen LogP contribution in [0, 0.1) is 0 Å². The van der Waals surface area contributed by atoms with E-state index in [1.165, 1.54) is 38.1 Å². The number of alkyl carbamates (subject to hydrolysis) is 1. The summed E-state index contributed by atoms with van der Waals surface area (Å²) >= 11 is 0. The van der Waals surface area contributed by atoms with E-state index < -0.39 is 53.9 Å². The number of benzene rings is 4. The molecule has 8 N–H and O–H groups in total. The van der Waals surface area contributed by atoms with Crippen LogP contribution in [0.5, 0.6) is 11.5 Å². The van der Waals surface area contributed by atoms with Crippen molar-refractivity contribution in [3.05, 3.63) is 119 Å². The zero-order chi connectivity index (χ0) is 37.4. The lowest BCUT2D eigenvalue weighted by Crippen LogP contribution is -2.57. The molecule has 0 aliphatic heterocycles. The number of phenols is 2. The van der Waals surface area contributed by atoms with Gasteiger partial charge >= 0.3 is 6.09 Å². The zero-order valence-corrected chi connectivity index (χ0v) is 28.7. The van der Waals surface area contributed by atoms with Crippen LogP contribution in [0.25, 0.3) is 11.1 Å². The highest BCUT2D eigenvalue weighted by Gasteiger charge is 2.31. The standard InChI is InChI=1S/C39H41N5O8/c1-22(36(48)41-23(2)37(49)43-33(35(40)47)19-24-11-15-26(45)16-12-24)42-38(50)34(20-25-13-17-27(46)18-14-25)44-39(51)52-21-32-30-9-5-3-7-28(30)29-8-4-6-10-31(29)32/h3-18,22-23,32-34,45-46H,19-21H2,1-2H3,(H2,40,47)(H,41,48)(H,42,50)(H,43,49)(H,44,51)/t22-,23-,33-,34-/m0/s1. The van der Waals surface area contributed by atoms with Crippen LogP contribution in [0.4, 0.5) is 4.79 Å². The average Bonchev–Trinajstić information content (AvgIpc) is 3.45. The molecule has 52 heavy (non-hydrogen) atoms. The minimum atomic E-state index is -1.17. The van der Waals surface area contributed by atoms with Crippen molar-refractivity contribution >= 4 is 29.7 Å². The van der Waals surface area contributed by atoms with Crippen LogP contribution in [-0.2, 0) is 36.8 Å². The fourth-order valence-corrected chi connectivity index (χ4v) is 6.03. The van der Waals surface area contributed by atoms with Crippen molar-refractivity contribution in [3.63, 3.8) is 0 Å². The second kappa shape index (κ2) is 16.6. The topological polar surface area (TPSA) is 209 Å². The summed E-state index contributed by atoms with van der Waals surface area (Å²) in [5.74, 6) is -2.99. The third-order valence-electron chi connectivity index (χ3n) is 8.87. The molecule has 0 unspecified atom stereocenters.